The molecule has 172 valence electrons. The number of ether oxygens (including phenoxy) is 1. The van der Waals surface area contributed by atoms with Crippen molar-refractivity contribution in [3.05, 3.63) is 64.0 Å². The minimum atomic E-state index is -4.67. The molecule has 3 rings (SSSR count). The van der Waals surface area contributed by atoms with Crippen molar-refractivity contribution in [1.82, 2.24) is 5.32 Å². The molecule has 0 unspecified atom stereocenters. The van der Waals surface area contributed by atoms with Crippen molar-refractivity contribution in [3.8, 4) is 5.75 Å². The van der Waals surface area contributed by atoms with Crippen molar-refractivity contribution in [2.75, 3.05) is 0 Å². The molecule has 9 heteroatoms. The SMILES string of the molecule is CC(C)(NC(=O)c1ccc2c(c1OCc1ccc(C(F)(F)F)cc1F)CCCC2)C(=O)O. The number of nitrogens with one attached hydrogen (secondary N) is 1. The quantitative estimate of drug-likeness (QED) is 0.611. The zero-order chi connectivity index (χ0) is 23.7. The summed E-state index contributed by atoms with van der Waals surface area (Å²) < 4.78 is 58.4. The highest BCUT2D eigenvalue weighted by molar-refractivity contribution is 6.00. The number of benzene rings is 2. The van der Waals surface area contributed by atoms with Gasteiger partial charge in [-0.1, -0.05) is 12.1 Å². The normalized spacial score (nSPS) is 13.9. The first kappa shape index (κ1) is 23.6. The van der Waals surface area contributed by atoms with Crippen LogP contribution in [0.3, 0.4) is 0 Å². The number of aliphatic carboxylic acids is 1. The average Bonchev–Trinajstić information content (AvgIpc) is 2.71. The fourth-order valence-corrected chi connectivity index (χ4v) is 3.53. The van der Waals surface area contributed by atoms with Gasteiger partial charge in [0.2, 0.25) is 0 Å². The molecule has 2 aromatic carbocycles. The maximum atomic E-state index is 14.3. The summed E-state index contributed by atoms with van der Waals surface area (Å²) in [5.41, 5.74) is -0.913. The lowest BCUT2D eigenvalue weighted by Gasteiger charge is -2.25. The Hall–Kier alpha value is -3.10. The van der Waals surface area contributed by atoms with E-state index in [1.807, 2.05) is 0 Å². The topological polar surface area (TPSA) is 75.6 Å². The molecule has 0 radical (unpaired) electrons. The van der Waals surface area contributed by atoms with Crippen LogP contribution in [0.5, 0.6) is 5.75 Å². The fourth-order valence-electron chi connectivity index (χ4n) is 3.53. The summed E-state index contributed by atoms with van der Waals surface area (Å²) in [5, 5.41) is 11.7. The molecule has 32 heavy (non-hydrogen) atoms. The summed E-state index contributed by atoms with van der Waals surface area (Å²) >= 11 is 0. The Labute approximate surface area is 182 Å². The number of carboxylic acid groups (broad SMARTS) is 1. The summed E-state index contributed by atoms with van der Waals surface area (Å²) in [6.45, 7) is 2.29. The van der Waals surface area contributed by atoms with Crippen LogP contribution in [0.4, 0.5) is 17.6 Å². The number of fused-ring (bicyclic) bond motifs is 1. The lowest BCUT2D eigenvalue weighted by molar-refractivity contribution is -0.143. The molecule has 0 aromatic heterocycles. The van der Waals surface area contributed by atoms with E-state index < -0.39 is 35.0 Å². The molecule has 0 heterocycles. The summed E-state index contributed by atoms with van der Waals surface area (Å²) in [5.74, 6) is -2.77. The summed E-state index contributed by atoms with van der Waals surface area (Å²) in [6.07, 6.45) is -1.48. The smallest absolute Gasteiger partial charge is 0.416 e. The molecule has 0 bridgehead atoms. The molecule has 0 spiro atoms. The van der Waals surface area contributed by atoms with Gasteiger partial charge in [0.15, 0.2) is 0 Å². The van der Waals surface area contributed by atoms with E-state index in [4.69, 9.17) is 4.74 Å². The van der Waals surface area contributed by atoms with Crippen molar-refractivity contribution in [2.45, 2.75) is 57.9 Å². The number of hydrogen-bond donors (Lipinski definition) is 2. The number of carboxylic acids is 1. The van der Waals surface area contributed by atoms with Crippen LogP contribution in [0.15, 0.2) is 30.3 Å². The minimum Gasteiger partial charge on any atom is -0.488 e. The number of aryl methyl sites for hydroxylation is 1. The summed E-state index contributed by atoms with van der Waals surface area (Å²) in [7, 11) is 0. The van der Waals surface area contributed by atoms with Gasteiger partial charge in [0, 0.05) is 5.56 Å². The van der Waals surface area contributed by atoms with E-state index in [0.29, 0.717) is 12.5 Å². The van der Waals surface area contributed by atoms with Crippen LogP contribution < -0.4 is 10.1 Å². The summed E-state index contributed by atoms with van der Waals surface area (Å²) in [6, 6.07) is 5.48. The predicted molar refractivity (Wildman–Crippen MR) is 108 cm³/mol. The highest BCUT2D eigenvalue weighted by atomic mass is 19.4. The summed E-state index contributed by atoms with van der Waals surface area (Å²) in [4.78, 5) is 24.2. The van der Waals surface area contributed by atoms with Crippen LogP contribution in [0, 0.1) is 5.82 Å². The second-order valence-corrected chi connectivity index (χ2v) is 8.26. The van der Waals surface area contributed by atoms with E-state index in [0.717, 1.165) is 42.5 Å². The van der Waals surface area contributed by atoms with Crippen molar-refractivity contribution < 1.29 is 37.0 Å². The Morgan fingerprint density at radius 3 is 2.41 bits per heavy atom. The molecule has 0 aliphatic heterocycles. The largest absolute Gasteiger partial charge is 0.488 e. The second-order valence-electron chi connectivity index (χ2n) is 8.26. The lowest BCUT2D eigenvalue weighted by Crippen LogP contribution is -2.49. The molecule has 2 aromatic rings. The van der Waals surface area contributed by atoms with E-state index in [1.54, 1.807) is 6.07 Å². The van der Waals surface area contributed by atoms with Gasteiger partial charge in [-0.05, 0) is 68.9 Å². The maximum Gasteiger partial charge on any atom is 0.416 e. The van der Waals surface area contributed by atoms with Crippen molar-refractivity contribution in [2.24, 2.45) is 0 Å². The first-order valence-corrected chi connectivity index (χ1v) is 10.1. The van der Waals surface area contributed by atoms with Crippen molar-refractivity contribution in [1.29, 1.82) is 0 Å². The van der Waals surface area contributed by atoms with Crippen LogP contribution >= 0.6 is 0 Å². The van der Waals surface area contributed by atoms with Gasteiger partial charge in [0.05, 0.1) is 11.1 Å². The van der Waals surface area contributed by atoms with Gasteiger partial charge in [-0.2, -0.15) is 13.2 Å². The third-order valence-electron chi connectivity index (χ3n) is 5.44. The van der Waals surface area contributed by atoms with E-state index in [1.165, 1.54) is 19.9 Å². The van der Waals surface area contributed by atoms with Crippen LogP contribution in [-0.4, -0.2) is 22.5 Å². The van der Waals surface area contributed by atoms with Gasteiger partial charge < -0.3 is 15.2 Å². The number of amides is 1. The Balaban J connectivity index is 1.93. The Morgan fingerprint density at radius 1 is 1.09 bits per heavy atom. The molecule has 1 aliphatic carbocycles. The van der Waals surface area contributed by atoms with Crippen molar-refractivity contribution >= 4 is 11.9 Å². The van der Waals surface area contributed by atoms with Gasteiger partial charge in [-0.3, -0.25) is 4.79 Å². The molecular formula is C23H23F4NO4. The monoisotopic (exact) mass is 453 g/mol. The second kappa shape index (κ2) is 8.80. The lowest BCUT2D eigenvalue weighted by atomic mass is 9.89. The molecule has 0 saturated carbocycles. The Bertz CT molecular complexity index is 1050. The number of carbonyl (C=O) groups is 2. The van der Waals surface area contributed by atoms with E-state index in [9.17, 15) is 32.3 Å². The Morgan fingerprint density at radius 2 is 1.78 bits per heavy atom. The molecule has 1 aliphatic rings. The molecule has 5 nitrogen and oxygen atoms in total. The van der Waals surface area contributed by atoms with Gasteiger partial charge in [0.1, 0.15) is 23.7 Å². The standard InChI is InChI=1S/C23H23F4NO4/c1-22(2,21(30)31)28-20(29)17-10-8-13-5-3-4-6-16(13)19(17)32-12-14-7-9-15(11-18(14)24)23(25,26)27/h7-11H,3-6,12H2,1-2H3,(H,28,29)(H,30,31). The van der Waals surface area contributed by atoms with Gasteiger partial charge in [0.25, 0.3) is 5.91 Å². The number of hydrogen-bond acceptors (Lipinski definition) is 3. The number of carbonyl (C=O) groups excluding carboxylic acids is 1. The first-order valence-electron chi connectivity index (χ1n) is 10.1. The molecule has 0 saturated heterocycles. The zero-order valence-corrected chi connectivity index (χ0v) is 17.6. The third-order valence-corrected chi connectivity index (χ3v) is 5.44. The molecule has 2 N–H and O–H groups in total. The number of rotatable bonds is 6. The van der Waals surface area contributed by atoms with Gasteiger partial charge in [-0.25, -0.2) is 9.18 Å². The first-order chi connectivity index (χ1) is 14.9. The number of alkyl halides is 3. The van der Waals surface area contributed by atoms with Gasteiger partial charge >= 0.3 is 12.1 Å². The van der Waals surface area contributed by atoms with Crippen molar-refractivity contribution in [3.63, 3.8) is 0 Å². The van der Waals surface area contributed by atoms with E-state index in [-0.39, 0.29) is 23.5 Å². The van der Waals surface area contributed by atoms with Crippen LogP contribution in [-0.2, 0) is 30.4 Å². The fraction of sp³-hybridized carbons (Fsp3) is 0.391. The minimum absolute atomic E-state index is 0.0901. The van der Waals surface area contributed by atoms with Gasteiger partial charge in [-0.15, -0.1) is 0 Å². The highest BCUT2D eigenvalue weighted by Crippen LogP contribution is 2.35. The Kier molecular flexibility index (Phi) is 6.48. The molecule has 0 atom stereocenters. The van der Waals surface area contributed by atoms with Crippen LogP contribution in [0.2, 0.25) is 0 Å². The average molecular weight is 453 g/mol. The molecule has 1 amide bonds. The molecular weight excluding hydrogens is 430 g/mol. The third kappa shape index (κ3) is 5.03. The zero-order valence-electron chi connectivity index (χ0n) is 17.6. The predicted octanol–water partition coefficient (Wildman–Crippen LogP) is 4.90. The van der Waals surface area contributed by atoms with E-state index in [2.05, 4.69) is 5.32 Å². The molecule has 0 fully saturated rings. The van der Waals surface area contributed by atoms with Crippen LogP contribution in [0.25, 0.3) is 0 Å². The van der Waals surface area contributed by atoms with E-state index >= 15 is 0 Å². The maximum absolute atomic E-state index is 14.3. The highest BCUT2D eigenvalue weighted by Gasteiger charge is 2.32. The van der Waals surface area contributed by atoms with Crippen LogP contribution in [0.1, 0.15) is 59.3 Å². The number of halogens is 4.